The fraction of sp³-hybridized carbons (Fsp3) is 0.471. The maximum atomic E-state index is 11.7. The molecule has 1 aromatic heterocycles. The maximum Gasteiger partial charge on any atom is 0.338 e. The standard InChI is InChI=1S/C17H24N2O2/c1-4-5-10-19-12(3)13(8-9-18)14-7-6-11(2)15(16(14)19)17(20)21/h6-7H,4-5,8-10,18H2,1-3H3,(H,20,21). The molecule has 4 heteroatoms. The molecule has 0 saturated heterocycles. The fourth-order valence-electron chi connectivity index (χ4n) is 3.07. The number of hydrogen-bond acceptors (Lipinski definition) is 2. The van der Waals surface area contributed by atoms with Gasteiger partial charge in [0.15, 0.2) is 0 Å². The van der Waals surface area contributed by atoms with Crippen LogP contribution in [0.15, 0.2) is 12.1 Å². The normalized spacial score (nSPS) is 11.2. The van der Waals surface area contributed by atoms with Gasteiger partial charge >= 0.3 is 5.97 Å². The molecule has 0 unspecified atom stereocenters. The summed E-state index contributed by atoms with van der Waals surface area (Å²) in [6.07, 6.45) is 2.91. The fourth-order valence-corrected chi connectivity index (χ4v) is 3.07. The number of carboxylic acid groups (broad SMARTS) is 1. The number of aromatic carboxylic acids is 1. The first-order valence-corrected chi connectivity index (χ1v) is 7.57. The zero-order valence-corrected chi connectivity index (χ0v) is 13.1. The Morgan fingerprint density at radius 1 is 1.33 bits per heavy atom. The Hall–Kier alpha value is -1.81. The van der Waals surface area contributed by atoms with Crippen molar-refractivity contribution < 1.29 is 9.90 Å². The number of fused-ring (bicyclic) bond motifs is 1. The average molecular weight is 288 g/mol. The molecule has 0 saturated carbocycles. The van der Waals surface area contributed by atoms with Gasteiger partial charge in [0.05, 0.1) is 11.1 Å². The summed E-state index contributed by atoms with van der Waals surface area (Å²) in [6, 6.07) is 3.94. The molecule has 0 bridgehead atoms. The molecule has 0 fully saturated rings. The van der Waals surface area contributed by atoms with Crippen LogP contribution in [-0.2, 0) is 13.0 Å². The number of rotatable bonds is 6. The van der Waals surface area contributed by atoms with Gasteiger partial charge in [0, 0.05) is 17.6 Å². The van der Waals surface area contributed by atoms with E-state index in [9.17, 15) is 9.90 Å². The minimum absolute atomic E-state index is 0.426. The van der Waals surface area contributed by atoms with Crippen molar-refractivity contribution in [2.24, 2.45) is 5.73 Å². The molecule has 0 radical (unpaired) electrons. The number of carbonyl (C=O) groups is 1. The molecule has 0 aliphatic carbocycles. The molecule has 2 aromatic rings. The summed E-state index contributed by atoms with van der Waals surface area (Å²) in [7, 11) is 0. The van der Waals surface area contributed by atoms with Crippen LogP contribution in [0.2, 0.25) is 0 Å². The number of hydrogen-bond donors (Lipinski definition) is 2. The van der Waals surface area contributed by atoms with Gasteiger partial charge in [-0.15, -0.1) is 0 Å². The van der Waals surface area contributed by atoms with E-state index in [0.29, 0.717) is 12.1 Å². The molecular formula is C17H24N2O2. The summed E-state index contributed by atoms with van der Waals surface area (Å²) >= 11 is 0. The maximum absolute atomic E-state index is 11.7. The van der Waals surface area contributed by atoms with Gasteiger partial charge in [-0.3, -0.25) is 0 Å². The lowest BCUT2D eigenvalue weighted by molar-refractivity contribution is 0.0698. The van der Waals surface area contributed by atoms with Crippen molar-refractivity contribution in [3.05, 3.63) is 34.5 Å². The molecule has 1 aromatic carbocycles. The van der Waals surface area contributed by atoms with E-state index in [4.69, 9.17) is 5.73 Å². The van der Waals surface area contributed by atoms with Crippen molar-refractivity contribution in [2.45, 2.75) is 46.6 Å². The van der Waals surface area contributed by atoms with Crippen molar-refractivity contribution in [1.29, 1.82) is 0 Å². The number of nitrogens with two attached hydrogens (primary N) is 1. The first kappa shape index (κ1) is 15.6. The second kappa shape index (κ2) is 6.31. The lowest BCUT2D eigenvalue weighted by Gasteiger charge is -2.11. The lowest BCUT2D eigenvalue weighted by atomic mass is 10.0. The molecule has 21 heavy (non-hydrogen) atoms. The van der Waals surface area contributed by atoms with E-state index in [2.05, 4.69) is 18.4 Å². The number of aryl methyl sites for hydroxylation is 2. The van der Waals surface area contributed by atoms with E-state index in [1.165, 1.54) is 5.56 Å². The molecule has 0 spiro atoms. The molecule has 0 atom stereocenters. The lowest BCUT2D eigenvalue weighted by Crippen LogP contribution is -2.07. The van der Waals surface area contributed by atoms with Crippen molar-refractivity contribution in [2.75, 3.05) is 6.54 Å². The minimum atomic E-state index is -0.854. The summed E-state index contributed by atoms with van der Waals surface area (Å²) in [5.74, 6) is -0.854. The monoisotopic (exact) mass is 288 g/mol. The molecule has 0 aliphatic heterocycles. The molecule has 0 aliphatic rings. The number of unbranched alkanes of at least 4 members (excludes halogenated alkanes) is 1. The van der Waals surface area contributed by atoms with Crippen LogP contribution in [-0.4, -0.2) is 22.2 Å². The van der Waals surface area contributed by atoms with Gasteiger partial charge in [0.2, 0.25) is 0 Å². The van der Waals surface area contributed by atoms with Crippen LogP contribution in [0.3, 0.4) is 0 Å². The second-order valence-electron chi connectivity index (χ2n) is 5.57. The topological polar surface area (TPSA) is 68.2 Å². The predicted molar refractivity (Wildman–Crippen MR) is 86.0 cm³/mol. The first-order valence-electron chi connectivity index (χ1n) is 7.57. The van der Waals surface area contributed by atoms with Crippen molar-refractivity contribution in [1.82, 2.24) is 4.57 Å². The third kappa shape index (κ3) is 2.68. The number of nitrogens with zero attached hydrogens (tertiary/aromatic N) is 1. The minimum Gasteiger partial charge on any atom is -0.478 e. The van der Waals surface area contributed by atoms with Crippen molar-refractivity contribution >= 4 is 16.9 Å². The molecule has 1 heterocycles. The zero-order valence-electron chi connectivity index (χ0n) is 13.1. The van der Waals surface area contributed by atoms with E-state index in [0.717, 1.165) is 48.0 Å². The van der Waals surface area contributed by atoms with Gasteiger partial charge in [0.1, 0.15) is 0 Å². The highest BCUT2D eigenvalue weighted by molar-refractivity contribution is 6.05. The Balaban J connectivity index is 2.81. The van der Waals surface area contributed by atoms with Crippen LogP contribution >= 0.6 is 0 Å². The quantitative estimate of drug-likeness (QED) is 0.857. The molecule has 114 valence electrons. The van der Waals surface area contributed by atoms with Gasteiger partial charge in [-0.25, -0.2) is 4.79 Å². The van der Waals surface area contributed by atoms with Gasteiger partial charge in [-0.1, -0.05) is 25.5 Å². The van der Waals surface area contributed by atoms with E-state index >= 15 is 0 Å². The highest BCUT2D eigenvalue weighted by Crippen LogP contribution is 2.31. The average Bonchev–Trinajstić information content (AvgIpc) is 2.69. The Bertz CT molecular complexity index is 671. The van der Waals surface area contributed by atoms with Crippen LogP contribution in [0.5, 0.6) is 0 Å². The van der Waals surface area contributed by atoms with Crippen molar-refractivity contribution in [3.8, 4) is 0 Å². The number of carboxylic acids is 1. The Labute approximate surface area is 125 Å². The smallest absolute Gasteiger partial charge is 0.338 e. The summed E-state index contributed by atoms with van der Waals surface area (Å²) in [5.41, 5.74) is 10.2. The summed E-state index contributed by atoms with van der Waals surface area (Å²) in [6.45, 7) is 7.50. The number of benzene rings is 1. The molecule has 4 nitrogen and oxygen atoms in total. The first-order chi connectivity index (χ1) is 10.0. The summed E-state index contributed by atoms with van der Waals surface area (Å²) < 4.78 is 2.17. The number of aromatic nitrogens is 1. The highest BCUT2D eigenvalue weighted by Gasteiger charge is 2.20. The summed E-state index contributed by atoms with van der Waals surface area (Å²) in [5, 5.41) is 10.6. The molecule has 2 rings (SSSR count). The van der Waals surface area contributed by atoms with E-state index in [1.54, 1.807) is 0 Å². The molecule has 0 amide bonds. The SMILES string of the molecule is CCCCn1c(C)c(CCN)c2ccc(C)c(C(=O)O)c21. The summed E-state index contributed by atoms with van der Waals surface area (Å²) in [4.78, 5) is 11.7. The van der Waals surface area contributed by atoms with E-state index in [-0.39, 0.29) is 0 Å². The molecular weight excluding hydrogens is 264 g/mol. The van der Waals surface area contributed by atoms with Crippen LogP contribution < -0.4 is 5.73 Å². The van der Waals surface area contributed by atoms with Crippen LogP contribution in [0.4, 0.5) is 0 Å². The van der Waals surface area contributed by atoms with Crippen molar-refractivity contribution in [3.63, 3.8) is 0 Å². The Morgan fingerprint density at radius 3 is 2.62 bits per heavy atom. The van der Waals surface area contributed by atoms with E-state index in [1.807, 2.05) is 19.1 Å². The van der Waals surface area contributed by atoms with Crippen LogP contribution in [0.1, 0.15) is 46.9 Å². The predicted octanol–water partition coefficient (Wildman–Crippen LogP) is 3.26. The highest BCUT2D eigenvalue weighted by atomic mass is 16.4. The van der Waals surface area contributed by atoms with Gasteiger partial charge in [-0.05, 0) is 44.4 Å². The van der Waals surface area contributed by atoms with Gasteiger partial charge in [-0.2, -0.15) is 0 Å². The van der Waals surface area contributed by atoms with Crippen LogP contribution in [0.25, 0.3) is 10.9 Å². The Morgan fingerprint density at radius 2 is 2.05 bits per heavy atom. The van der Waals surface area contributed by atoms with Gasteiger partial charge < -0.3 is 15.4 Å². The van der Waals surface area contributed by atoms with Crippen LogP contribution in [0, 0.1) is 13.8 Å². The molecule has 3 N–H and O–H groups in total. The van der Waals surface area contributed by atoms with E-state index < -0.39 is 5.97 Å². The van der Waals surface area contributed by atoms with Gasteiger partial charge in [0.25, 0.3) is 0 Å². The third-order valence-corrected chi connectivity index (χ3v) is 4.17. The zero-order chi connectivity index (χ0) is 15.6. The largest absolute Gasteiger partial charge is 0.478 e. The third-order valence-electron chi connectivity index (χ3n) is 4.17. The Kier molecular flexibility index (Phi) is 4.68. The second-order valence-corrected chi connectivity index (χ2v) is 5.57.